The van der Waals surface area contributed by atoms with Crippen molar-refractivity contribution < 1.29 is 19.2 Å². The third-order valence-corrected chi connectivity index (χ3v) is 5.29. The predicted molar refractivity (Wildman–Crippen MR) is 88.5 cm³/mol. The zero-order valence-corrected chi connectivity index (χ0v) is 14.5. The molecule has 3 saturated heterocycles. The summed E-state index contributed by atoms with van der Waals surface area (Å²) in [5, 5.41) is 5.25. The summed E-state index contributed by atoms with van der Waals surface area (Å²) in [6.45, 7) is 2.51. The average Bonchev–Trinajstić information content (AvgIpc) is 2.90. The van der Waals surface area contributed by atoms with E-state index in [9.17, 15) is 19.2 Å². The van der Waals surface area contributed by atoms with Crippen molar-refractivity contribution >= 4 is 23.8 Å². The van der Waals surface area contributed by atoms with E-state index in [1.54, 1.807) is 4.90 Å². The van der Waals surface area contributed by atoms with Crippen molar-refractivity contribution in [1.82, 2.24) is 25.3 Å². The number of nitrogens with zero attached hydrogens (tertiary/aromatic N) is 3. The maximum atomic E-state index is 12.5. The van der Waals surface area contributed by atoms with E-state index >= 15 is 0 Å². The zero-order valence-electron chi connectivity index (χ0n) is 14.5. The number of urea groups is 1. The van der Waals surface area contributed by atoms with Gasteiger partial charge in [0.05, 0.1) is 0 Å². The van der Waals surface area contributed by atoms with Crippen LogP contribution in [0.1, 0.15) is 19.3 Å². The highest BCUT2D eigenvalue weighted by Crippen LogP contribution is 2.31. The fourth-order valence-corrected chi connectivity index (χ4v) is 3.97. The van der Waals surface area contributed by atoms with E-state index in [1.807, 2.05) is 11.9 Å². The summed E-state index contributed by atoms with van der Waals surface area (Å²) in [4.78, 5) is 52.5. The molecule has 5 amide bonds. The number of piperidine rings is 2. The minimum absolute atomic E-state index is 0.0588. The van der Waals surface area contributed by atoms with E-state index in [1.165, 1.54) is 4.90 Å². The number of imide groups is 1. The van der Waals surface area contributed by atoms with Crippen LogP contribution in [0.25, 0.3) is 0 Å². The highest BCUT2D eigenvalue weighted by atomic mass is 16.2. The number of carbonyl (C=O) groups is 4. The van der Waals surface area contributed by atoms with Crippen LogP contribution in [-0.2, 0) is 14.4 Å². The molecule has 0 bridgehead atoms. The Labute approximate surface area is 146 Å². The third-order valence-electron chi connectivity index (χ3n) is 5.29. The number of likely N-dealkylation sites (tertiary alicyclic amines) is 2. The molecule has 25 heavy (non-hydrogen) atoms. The van der Waals surface area contributed by atoms with E-state index < -0.39 is 6.03 Å². The summed E-state index contributed by atoms with van der Waals surface area (Å²) >= 11 is 0. The fourth-order valence-electron chi connectivity index (χ4n) is 3.97. The summed E-state index contributed by atoms with van der Waals surface area (Å²) in [5.74, 6) is -0.0331. The highest BCUT2D eigenvalue weighted by molar-refractivity contribution is 6.03. The van der Waals surface area contributed by atoms with E-state index in [0.29, 0.717) is 26.1 Å². The van der Waals surface area contributed by atoms with Crippen molar-refractivity contribution in [3.8, 4) is 0 Å². The molecule has 138 valence electrons. The van der Waals surface area contributed by atoms with Crippen LogP contribution >= 0.6 is 0 Å². The van der Waals surface area contributed by atoms with Crippen molar-refractivity contribution in [2.24, 2.45) is 5.92 Å². The summed E-state index contributed by atoms with van der Waals surface area (Å²) in [7, 11) is 1.87. The molecule has 3 heterocycles. The minimum atomic E-state index is -0.505. The van der Waals surface area contributed by atoms with Crippen LogP contribution in [0, 0.1) is 5.92 Å². The molecule has 3 fully saturated rings. The predicted octanol–water partition coefficient (Wildman–Crippen LogP) is -1.40. The molecule has 9 heteroatoms. The number of hydrogen-bond donors (Lipinski definition) is 2. The second kappa shape index (κ2) is 7.38. The summed E-state index contributed by atoms with van der Waals surface area (Å²) < 4.78 is 0. The number of amides is 5. The highest BCUT2D eigenvalue weighted by Gasteiger charge is 2.40. The molecule has 0 aromatic carbocycles. The number of carbonyl (C=O) groups excluding carboxylic acids is 4. The van der Waals surface area contributed by atoms with Gasteiger partial charge in [-0.05, 0) is 25.8 Å². The number of rotatable bonds is 5. The van der Waals surface area contributed by atoms with Gasteiger partial charge < -0.3 is 20.0 Å². The first-order chi connectivity index (χ1) is 12.0. The Morgan fingerprint density at radius 2 is 2.08 bits per heavy atom. The lowest BCUT2D eigenvalue weighted by molar-refractivity contribution is -0.144. The van der Waals surface area contributed by atoms with Gasteiger partial charge in [0.15, 0.2) is 0 Å². The fraction of sp³-hybridized carbons (Fsp3) is 0.750. The Morgan fingerprint density at radius 1 is 1.28 bits per heavy atom. The molecule has 0 saturated carbocycles. The number of likely N-dealkylation sites (N-methyl/N-ethyl adjacent to an activating group) is 1. The van der Waals surface area contributed by atoms with Crippen LogP contribution in [0.5, 0.6) is 0 Å². The first kappa shape index (κ1) is 17.7. The Hall–Kier alpha value is -2.16. The van der Waals surface area contributed by atoms with Gasteiger partial charge >= 0.3 is 6.03 Å². The second-order valence-corrected chi connectivity index (χ2v) is 6.89. The number of fused-ring (bicyclic) bond motifs is 1. The van der Waals surface area contributed by atoms with E-state index in [4.69, 9.17) is 0 Å². The topological polar surface area (TPSA) is 102 Å². The zero-order chi connectivity index (χ0) is 18.0. The quantitative estimate of drug-likeness (QED) is 0.593. The van der Waals surface area contributed by atoms with Gasteiger partial charge in [0.2, 0.25) is 17.7 Å². The monoisotopic (exact) mass is 351 g/mol. The summed E-state index contributed by atoms with van der Waals surface area (Å²) in [6, 6.07) is -0.315. The Bertz CT molecular complexity index is 581. The van der Waals surface area contributed by atoms with Crippen molar-refractivity contribution in [1.29, 1.82) is 0 Å². The van der Waals surface area contributed by atoms with Gasteiger partial charge in [-0.2, -0.15) is 0 Å². The molecule has 0 spiro atoms. The van der Waals surface area contributed by atoms with Crippen LogP contribution < -0.4 is 10.6 Å². The molecular formula is C16H25N5O4. The maximum Gasteiger partial charge on any atom is 0.325 e. The van der Waals surface area contributed by atoms with Crippen molar-refractivity contribution in [2.75, 3.05) is 46.3 Å². The SMILES string of the molecule is CNCCN1C(=O)CC[C@H]2CN(C(=O)CN3CC(=O)NC3=O)CC[C@H]21. The molecule has 3 aliphatic rings. The number of hydrogen-bond acceptors (Lipinski definition) is 5. The van der Waals surface area contributed by atoms with Crippen molar-refractivity contribution in [3.05, 3.63) is 0 Å². The molecule has 9 nitrogen and oxygen atoms in total. The molecule has 0 radical (unpaired) electrons. The average molecular weight is 351 g/mol. The molecule has 0 unspecified atom stereocenters. The number of nitrogens with one attached hydrogen (secondary N) is 2. The first-order valence-corrected chi connectivity index (χ1v) is 8.80. The lowest BCUT2D eigenvalue weighted by Crippen LogP contribution is -2.58. The first-order valence-electron chi connectivity index (χ1n) is 8.80. The van der Waals surface area contributed by atoms with E-state index in [-0.39, 0.29) is 42.8 Å². The molecule has 0 aromatic heterocycles. The van der Waals surface area contributed by atoms with Gasteiger partial charge in [-0.15, -0.1) is 0 Å². The third kappa shape index (κ3) is 3.76. The van der Waals surface area contributed by atoms with E-state index in [0.717, 1.165) is 19.4 Å². The lowest BCUT2D eigenvalue weighted by atomic mass is 9.83. The second-order valence-electron chi connectivity index (χ2n) is 6.89. The van der Waals surface area contributed by atoms with Gasteiger partial charge in [-0.3, -0.25) is 19.7 Å². The van der Waals surface area contributed by atoms with Crippen LogP contribution in [0.3, 0.4) is 0 Å². The van der Waals surface area contributed by atoms with Crippen molar-refractivity contribution in [2.45, 2.75) is 25.3 Å². The van der Waals surface area contributed by atoms with Gasteiger partial charge in [-0.25, -0.2) is 4.79 Å². The van der Waals surface area contributed by atoms with Gasteiger partial charge in [-0.1, -0.05) is 0 Å². The maximum absolute atomic E-state index is 12.5. The normalized spacial score (nSPS) is 26.8. The molecule has 0 aliphatic carbocycles. The van der Waals surface area contributed by atoms with Gasteiger partial charge in [0.25, 0.3) is 0 Å². The lowest BCUT2D eigenvalue weighted by Gasteiger charge is -2.47. The Morgan fingerprint density at radius 3 is 2.76 bits per heavy atom. The summed E-state index contributed by atoms with van der Waals surface area (Å²) in [5.41, 5.74) is 0. The van der Waals surface area contributed by atoms with Crippen LogP contribution in [0.4, 0.5) is 4.79 Å². The molecule has 2 N–H and O–H groups in total. The van der Waals surface area contributed by atoms with Crippen LogP contribution in [0.2, 0.25) is 0 Å². The standard InChI is InChI=1S/C16H25N5O4/c1-17-5-7-21-12-4-6-19(8-11(12)2-3-14(21)23)15(24)10-20-9-13(22)18-16(20)25/h11-12,17H,2-10H2,1H3,(H,18,22,25)/t11-,12+/m0/s1. The molecule has 3 rings (SSSR count). The minimum Gasteiger partial charge on any atom is -0.341 e. The Kier molecular flexibility index (Phi) is 5.22. The van der Waals surface area contributed by atoms with Crippen LogP contribution in [0.15, 0.2) is 0 Å². The Balaban J connectivity index is 1.57. The summed E-state index contributed by atoms with van der Waals surface area (Å²) in [6.07, 6.45) is 2.08. The molecule has 3 aliphatic heterocycles. The van der Waals surface area contributed by atoms with Crippen LogP contribution in [-0.4, -0.2) is 90.8 Å². The molecule has 0 aromatic rings. The molecular weight excluding hydrogens is 326 g/mol. The molecule has 2 atom stereocenters. The largest absolute Gasteiger partial charge is 0.341 e. The van der Waals surface area contributed by atoms with E-state index in [2.05, 4.69) is 10.6 Å². The van der Waals surface area contributed by atoms with Gasteiger partial charge in [0.1, 0.15) is 13.1 Å². The van der Waals surface area contributed by atoms with Crippen molar-refractivity contribution in [3.63, 3.8) is 0 Å². The van der Waals surface area contributed by atoms with Gasteiger partial charge in [0, 0.05) is 38.6 Å². The smallest absolute Gasteiger partial charge is 0.325 e.